The Kier molecular flexibility index (Phi) is 3.31. The van der Waals surface area contributed by atoms with E-state index in [9.17, 15) is 4.79 Å². The Morgan fingerprint density at radius 3 is 2.74 bits per heavy atom. The summed E-state index contributed by atoms with van der Waals surface area (Å²) < 4.78 is 5.75. The van der Waals surface area contributed by atoms with Crippen LogP contribution in [0.5, 0.6) is 0 Å². The molecule has 102 valence electrons. The largest absolute Gasteiger partial charge is 0.458 e. The van der Waals surface area contributed by atoms with Gasteiger partial charge in [-0.25, -0.2) is 4.79 Å². The van der Waals surface area contributed by atoms with Gasteiger partial charge in [0.2, 0.25) is 0 Å². The molecule has 3 rings (SSSR count). The Bertz CT molecular complexity index is 459. The molecule has 19 heavy (non-hydrogen) atoms. The highest BCUT2D eigenvalue weighted by Crippen LogP contribution is 2.39. The van der Waals surface area contributed by atoms with Crippen LogP contribution in [0.1, 0.15) is 36.5 Å². The average molecular weight is 259 g/mol. The fourth-order valence-corrected chi connectivity index (χ4v) is 3.62. The van der Waals surface area contributed by atoms with E-state index < -0.39 is 0 Å². The summed E-state index contributed by atoms with van der Waals surface area (Å²) in [4.78, 5) is 14.6. The van der Waals surface area contributed by atoms with Crippen molar-refractivity contribution in [3.8, 4) is 0 Å². The third-order valence-corrected chi connectivity index (χ3v) is 4.86. The molecule has 3 nitrogen and oxygen atoms in total. The van der Waals surface area contributed by atoms with Crippen LogP contribution in [0, 0.1) is 5.92 Å². The lowest BCUT2D eigenvalue weighted by Gasteiger charge is -2.40. The van der Waals surface area contributed by atoms with Crippen LogP contribution in [0.3, 0.4) is 0 Å². The van der Waals surface area contributed by atoms with Gasteiger partial charge in [-0.05, 0) is 32.0 Å². The van der Waals surface area contributed by atoms with E-state index in [1.165, 1.54) is 12.8 Å². The van der Waals surface area contributed by atoms with E-state index in [1.807, 2.05) is 30.3 Å². The number of fused-ring (bicyclic) bond motifs is 2. The van der Waals surface area contributed by atoms with Crippen LogP contribution in [-0.2, 0) is 4.74 Å². The van der Waals surface area contributed by atoms with E-state index in [0.29, 0.717) is 23.6 Å². The summed E-state index contributed by atoms with van der Waals surface area (Å²) in [5, 5.41) is 0. The first-order valence-electron chi connectivity index (χ1n) is 7.15. The predicted molar refractivity (Wildman–Crippen MR) is 74.0 cm³/mol. The summed E-state index contributed by atoms with van der Waals surface area (Å²) in [5.74, 6) is 0.248. The minimum atomic E-state index is -0.179. The van der Waals surface area contributed by atoms with Crippen LogP contribution in [0.4, 0.5) is 0 Å². The van der Waals surface area contributed by atoms with Gasteiger partial charge in [0.25, 0.3) is 0 Å². The van der Waals surface area contributed by atoms with Crippen molar-refractivity contribution in [1.29, 1.82) is 0 Å². The van der Waals surface area contributed by atoms with Crippen LogP contribution in [-0.4, -0.2) is 36.1 Å². The SMILES string of the molecule is CC1C2CC[C@H](C[C@@H]1OC(=O)c1ccccc1)N2C. The number of carbonyl (C=O) groups excluding carboxylic acids is 1. The number of rotatable bonds is 2. The normalized spacial score (nSPS) is 34.2. The van der Waals surface area contributed by atoms with Crippen molar-refractivity contribution in [2.75, 3.05) is 7.05 Å². The van der Waals surface area contributed by atoms with Crippen LogP contribution in [0.2, 0.25) is 0 Å². The summed E-state index contributed by atoms with van der Waals surface area (Å²) in [6.07, 6.45) is 3.53. The number of nitrogens with zero attached hydrogens (tertiary/aromatic N) is 1. The Balaban J connectivity index is 1.69. The van der Waals surface area contributed by atoms with E-state index in [-0.39, 0.29) is 12.1 Å². The molecule has 0 spiro atoms. The molecule has 1 aromatic rings. The molecule has 2 heterocycles. The van der Waals surface area contributed by atoms with E-state index in [2.05, 4.69) is 18.9 Å². The lowest BCUT2D eigenvalue weighted by atomic mass is 9.89. The summed E-state index contributed by atoms with van der Waals surface area (Å²) in [6.45, 7) is 2.21. The van der Waals surface area contributed by atoms with Gasteiger partial charge < -0.3 is 4.74 Å². The Labute approximate surface area is 114 Å². The van der Waals surface area contributed by atoms with Crippen LogP contribution in [0.15, 0.2) is 30.3 Å². The second-order valence-corrected chi connectivity index (χ2v) is 5.87. The van der Waals surface area contributed by atoms with Crippen LogP contribution >= 0.6 is 0 Å². The van der Waals surface area contributed by atoms with Gasteiger partial charge >= 0.3 is 5.97 Å². The topological polar surface area (TPSA) is 29.5 Å². The Morgan fingerprint density at radius 1 is 1.26 bits per heavy atom. The quantitative estimate of drug-likeness (QED) is 0.765. The lowest BCUT2D eigenvalue weighted by Crippen LogP contribution is -2.49. The minimum absolute atomic E-state index is 0.0707. The second-order valence-electron chi connectivity index (χ2n) is 5.87. The van der Waals surface area contributed by atoms with Crippen molar-refractivity contribution in [1.82, 2.24) is 4.90 Å². The first-order chi connectivity index (χ1) is 9.16. The van der Waals surface area contributed by atoms with Crippen molar-refractivity contribution in [3.05, 3.63) is 35.9 Å². The van der Waals surface area contributed by atoms with Gasteiger partial charge in [-0.15, -0.1) is 0 Å². The molecular formula is C16H21NO2. The Morgan fingerprint density at radius 2 is 2.00 bits per heavy atom. The zero-order valence-corrected chi connectivity index (χ0v) is 11.6. The number of ether oxygens (including phenoxy) is 1. The van der Waals surface area contributed by atoms with Crippen LogP contribution in [0.25, 0.3) is 0 Å². The second kappa shape index (κ2) is 4.97. The summed E-state index contributed by atoms with van der Waals surface area (Å²) in [6, 6.07) is 10.5. The molecule has 2 aliphatic heterocycles. The molecule has 1 aromatic carbocycles. The molecule has 2 unspecified atom stereocenters. The van der Waals surface area contributed by atoms with E-state index in [0.717, 1.165) is 6.42 Å². The van der Waals surface area contributed by atoms with E-state index in [4.69, 9.17) is 4.74 Å². The molecule has 0 aliphatic carbocycles. The minimum Gasteiger partial charge on any atom is -0.458 e. The summed E-state index contributed by atoms with van der Waals surface area (Å²) >= 11 is 0. The molecule has 3 heteroatoms. The molecule has 4 atom stereocenters. The highest BCUT2D eigenvalue weighted by molar-refractivity contribution is 5.89. The van der Waals surface area contributed by atoms with E-state index in [1.54, 1.807) is 0 Å². The highest BCUT2D eigenvalue weighted by atomic mass is 16.5. The lowest BCUT2D eigenvalue weighted by molar-refractivity contribution is -0.0287. The van der Waals surface area contributed by atoms with Crippen LogP contribution < -0.4 is 0 Å². The Hall–Kier alpha value is -1.35. The third-order valence-electron chi connectivity index (χ3n) is 4.86. The molecule has 0 N–H and O–H groups in total. The standard InChI is InChI=1S/C16H21NO2/c1-11-14-9-8-13(17(14)2)10-15(11)19-16(18)12-6-4-3-5-7-12/h3-7,11,13-15H,8-10H2,1-2H3/t11?,13-,14?,15+/m1/s1. The van der Waals surface area contributed by atoms with Crippen molar-refractivity contribution in [2.45, 2.75) is 44.4 Å². The van der Waals surface area contributed by atoms with Gasteiger partial charge in [0, 0.05) is 24.4 Å². The number of benzene rings is 1. The number of carbonyl (C=O) groups is 1. The fraction of sp³-hybridized carbons (Fsp3) is 0.562. The van der Waals surface area contributed by atoms with Crippen molar-refractivity contribution < 1.29 is 9.53 Å². The monoisotopic (exact) mass is 259 g/mol. The molecule has 0 amide bonds. The molecule has 0 aromatic heterocycles. The number of piperidine rings is 1. The zero-order chi connectivity index (χ0) is 13.4. The maximum atomic E-state index is 12.1. The first kappa shape index (κ1) is 12.7. The van der Waals surface area contributed by atoms with Crippen molar-refractivity contribution >= 4 is 5.97 Å². The molecular weight excluding hydrogens is 238 g/mol. The van der Waals surface area contributed by atoms with Crippen molar-refractivity contribution in [3.63, 3.8) is 0 Å². The first-order valence-corrected chi connectivity index (χ1v) is 7.15. The maximum absolute atomic E-state index is 12.1. The number of hydrogen-bond acceptors (Lipinski definition) is 3. The number of esters is 1. The summed E-state index contributed by atoms with van der Waals surface area (Å²) in [7, 11) is 2.20. The smallest absolute Gasteiger partial charge is 0.338 e. The third kappa shape index (κ3) is 2.27. The van der Waals surface area contributed by atoms with Gasteiger partial charge in [0.15, 0.2) is 0 Å². The van der Waals surface area contributed by atoms with Gasteiger partial charge in [-0.2, -0.15) is 0 Å². The van der Waals surface area contributed by atoms with E-state index >= 15 is 0 Å². The highest BCUT2D eigenvalue weighted by Gasteiger charge is 2.44. The number of hydrogen-bond donors (Lipinski definition) is 0. The average Bonchev–Trinajstić information content (AvgIpc) is 2.70. The molecule has 2 fully saturated rings. The fourth-order valence-electron chi connectivity index (χ4n) is 3.62. The maximum Gasteiger partial charge on any atom is 0.338 e. The zero-order valence-electron chi connectivity index (χ0n) is 11.6. The molecule has 2 bridgehead atoms. The summed E-state index contributed by atoms with van der Waals surface area (Å²) in [5.41, 5.74) is 0.654. The van der Waals surface area contributed by atoms with Gasteiger partial charge in [-0.1, -0.05) is 25.1 Å². The molecule has 2 aliphatic rings. The molecule has 2 saturated heterocycles. The van der Waals surface area contributed by atoms with Gasteiger partial charge in [-0.3, -0.25) is 4.90 Å². The van der Waals surface area contributed by atoms with Gasteiger partial charge in [0.1, 0.15) is 6.10 Å². The molecule has 0 saturated carbocycles. The predicted octanol–water partition coefficient (Wildman–Crippen LogP) is 2.71. The van der Waals surface area contributed by atoms with Gasteiger partial charge in [0.05, 0.1) is 5.56 Å². The van der Waals surface area contributed by atoms with Crippen molar-refractivity contribution in [2.24, 2.45) is 5.92 Å². The molecule has 0 radical (unpaired) electrons.